The van der Waals surface area contributed by atoms with Crippen molar-refractivity contribution < 1.29 is 14.0 Å². The van der Waals surface area contributed by atoms with E-state index in [1.54, 1.807) is 12.5 Å². The number of hydrogen-bond acceptors (Lipinski definition) is 4. The van der Waals surface area contributed by atoms with E-state index < -0.39 is 14.2 Å². The molecule has 0 radical (unpaired) electrons. The predicted octanol–water partition coefficient (Wildman–Crippen LogP) is 6.95. The number of fused-ring (bicyclic) bond motifs is 1. The fourth-order valence-electron chi connectivity index (χ4n) is 4.42. The van der Waals surface area contributed by atoms with E-state index in [2.05, 4.69) is 98.1 Å². The van der Waals surface area contributed by atoms with Gasteiger partial charge in [0.1, 0.15) is 17.7 Å². The number of amides is 1. The Morgan fingerprint density at radius 1 is 1.08 bits per heavy atom. The van der Waals surface area contributed by atoms with Gasteiger partial charge < -0.3 is 24.0 Å². The fraction of sp³-hybridized carbons (Fsp3) is 0.419. The van der Waals surface area contributed by atoms with Gasteiger partial charge in [0.2, 0.25) is 0 Å². The topological polar surface area (TPSA) is 84.3 Å². The lowest BCUT2D eigenvalue weighted by atomic mass is 10.1. The van der Waals surface area contributed by atoms with Crippen molar-refractivity contribution in [1.29, 1.82) is 0 Å². The molecule has 0 saturated heterocycles. The molecule has 0 unspecified atom stereocenters. The molecule has 1 atom stereocenters. The van der Waals surface area contributed by atoms with Crippen LogP contribution in [-0.4, -0.2) is 34.9 Å². The second-order valence-corrected chi connectivity index (χ2v) is 16.5. The maximum atomic E-state index is 11.6. The Balaban J connectivity index is 1.36. The number of ether oxygens (including phenoxy) is 1. The lowest BCUT2D eigenvalue weighted by Gasteiger charge is -2.39. The minimum Gasteiger partial charge on any atom is -0.494 e. The van der Waals surface area contributed by atoms with Gasteiger partial charge in [-0.2, -0.15) is 0 Å². The predicted molar refractivity (Wildman–Crippen MR) is 159 cm³/mol. The van der Waals surface area contributed by atoms with E-state index in [0.29, 0.717) is 6.61 Å². The van der Waals surface area contributed by atoms with Gasteiger partial charge >= 0.3 is 0 Å². The highest BCUT2D eigenvalue weighted by Crippen LogP contribution is 2.39. The quantitative estimate of drug-likeness (QED) is 0.145. The largest absolute Gasteiger partial charge is 0.494 e. The lowest BCUT2D eigenvalue weighted by molar-refractivity contribution is 0.0984. The number of carbonyl (C=O) groups excluding carboxylic acids is 1. The highest BCUT2D eigenvalue weighted by atomic mass is 28.4. The van der Waals surface area contributed by atoms with E-state index in [1.165, 1.54) is 16.5 Å². The molecule has 0 aliphatic rings. The molecular weight excluding hydrogens is 504 g/mol. The van der Waals surface area contributed by atoms with Crippen LogP contribution in [0.2, 0.25) is 18.1 Å². The molecule has 39 heavy (non-hydrogen) atoms. The summed E-state index contributed by atoms with van der Waals surface area (Å²) in [6.45, 7) is 12.7. The molecule has 7 nitrogen and oxygen atoms in total. The smallest absolute Gasteiger partial charge is 0.268 e. The lowest BCUT2D eigenvalue weighted by Crippen LogP contribution is -2.42. The number of nitrogens with zero attached hydrogens (tertiary/aromatic N) is 3. The summed E-state index contributed by atoms with van der Waals surface area (Å²) in [4.78, 5) is 15.8. The minimum atomic E-state index is -2.05. The second kappa shape index (κ2) is 12.2. The number of carbonyl (C=O) groups is 1. The standard InChI is InChI=1S/C31H42N4O3Si/c1-31(2,3)39(4,5)38-29(35-22-27(30(32)36)33-23-35)14-9-18-34-19-17-25-21-26(15-16-28(25)34)37-20-10-13-24-11-7-6-8-12-24/h6-8,11-12,15-17,19,21-23,29H,9-10,13-14,18,20H2,1-5H3,(H2,32,36)/t29-/m1/s1. The highest BCUT2D eigenvalue weighted by molar-refractivity contribution is 6.74. The third kappa shape index (κ3) is 7.39. The van der Waals surface area contributed by atoms with Gasteiger partial charge in [-0.05, 0) is 73.6 Å². The number of imidazole rings is 1. The summed E-state index contributed by atoms with van der Waals surface area (Å²) < 4.78 is 17.0. The van der Waals surface area contributed by atoms with Crippen molar-refractivity contribution in [2.45, 2.75) is 77.4 Å². The van der Waals surface area contributed by atoms with Crippen LogP contribution in [0.3, 0.4) is 0 Å². The Labute approximate surface area is 233 Å². The van der Waals surface area contributed by atoms with Gasteiger partial charge in [0.15, 0.2) is 8.32 Å². The van der Waals surface area contributed by atoms with E-state index in [0.717, 1.165) is 38.0 Å². The highest BCUT2D eigenvalue weighted by Gasteiger charge is 2.39. The van der Waals surface area contributed by atoms with Gasteiger partial charge in [-0.25, -0.2) is 4.98 Å². The van der Waals surface area contributed by atoms with Gasteiger partial charge in [0.25, 0.3) is 5.91 Å². The molecule has 0 aliphatic heterocycles. The van der Waals surface area contributed by atoms with Crippen molar-refractivity contribution in [2.75, 3.05) is 6.61 Å². The average Bonchev–Trinajstić information content (AvgIpc) is 3.54. The second-order valence-electron chi connectivity index (χ2n) is 11.7. The summed E-state index contributed by atoms with van der Waals surface area (Å²) in [5, 5.41) is 1.24. The Hall–Kier alpha value is -3.36. The van der Waals surface area contributed by atoms with Crippen molar-refractivity contribution in [2.24, 2.45) is 5.73 Å². The minimum absolute atomic E-state index is 0.0658. The zero-order chi connectivity index (χ0) is 28.0. The molecule has 2 aromatic heterocycles. The molecule has 0 aliphatic carbocycles. The molecular formula is C31H42N4O3Si. The van der Waals surface area contributed by atoms with E-state index in [-0.39, 0.29) is 17.0 Å². The van der Waals surface area contributed by atoms with Crippen molar-refractivity contribution in [3.8, 4) is 5.75 Å². The molecule has 2 N–H and O–H groups in total. The molecule has 8 heteroatoms. The van der Waals surface area contributed by atoms with Gasteiger partial charge in [0.05, 0.1) is 12.9 Å². The Kier molecular flexibility index (Phi) is 8.97. The number of aryl methyl sites for hydroxylation is 2. The van der Waals surface area contributed by atoms with Crippen molar-refractivity contribution in [3.63, 3.8) is 0 Å². The van der Waals surface area contributed by atoms with Crippen molar-refractivity contribution in [3.05, 3.63) is 84.6 Å². The van der Waals surface area contributed by atoms with Crippen LogP contribution >= 0.6 is 0 Å². The normalized spacial score (nSPS) is 13.1. The summed E-state index contributed by atoms with van der Waals surface area (Å²) >= 11 is 0. The summed E-state index contributed by atoms with van der Waals surface area (Å²) in [7, 11) is -2.05. The van der Waals surface area contributed by atoms with Gasteiger partial charge in [-0.1, -0.05) is 51.1 Å². The molecule has 1 amide bonds. The maximum Gasteiger partial charge on any atom is 0.268 e. The van der Waals surface area contributed by atoms with E-state index >= 15 is 0 Å². The summed E-state index contributed by atoms with van der Waals surface area (Å²) in [5.41, 5.74) is 8.23. The number of rotatable bonds is 13. The van der Waals surface area contributed by atoms with Crippen LogP contribution in [0.15, 0.2) is 73.3 Å². The zero-order valence-electron chi connectivity index (χ0n) is 23.9. The molecule has 0 saturated carbocycles. The van der Waals surface area contributed by atoms with E-state index in [1.807, 2.05) is 10.6 Å². The first-order valence-electron chi connectivity index (χ1n) is 13.8. The fourth-order valence-corrected chi connectivity index (χ4v) is 5.69. The summed E-state index contributed by atoms with van der Waals surface area (Å²) in [6, 6.07) is 19.0. The van der Waals surface area contributed by atoms with E-state index in [4.69, 9.17) is 14.9 Å². The molecule has 2 aromatic carbocycles. The molecule has 4 aromatic rings. The Morgan fingerprint density at radius 2 is 1.85 bits per heavy atom. The monoisotopic (exact) mass is 546 g/mol. The van der Waals surface area contributed by atoms with Crippen LogP contribution in [0.25, 0.3) is 10.9 Å². The van der Waals surface area contributed by atoms with Gasteiger partial charge in [0, 0.05) is 29.8 Å². The number of benzene rings is 2. The van der Waals surface area contributed by atoms with Crippen LogP contribution in [0.5, 0.6) is 5.75 Å². The van der Waals surface area contributed by atoms with Gasteiger partial charge in [-0.15, -0.1) is 0 Å². The first-order chi connectivity index (χ1) is 18.5. The van der Waals surface area contributed by atoms with Crippen molar-refractivity contribution in [1.82, 2.24) is 14.1 Å². The molecule has 0 bridgehead atoms. The SMILES string of the molecule is CC(C)(C)[Si](C)(C)O[C@H](CCCn1ccc2cc(OCCCc3ccccc3)ccc21)n1cnc(C(N)=O)c1. The van der Waals surface area contributed by atoms with Crippen molar-refractivity contribution >= 4 is 25.1 Å². The number of primary amides is 1. The molecule has 0 fully saturated rings. The Bertz CT molecular complexity index is 1370. The van der Waals surface area contributed by atoms with Gasteiger partial charge in [-0.3, -0.25) is 4.79 Å². The molecule has 2 heterocycles. The maximum absolute atomic E-state index is 11.6. The third-order valence-corrected chi connectivity index (χ3v) is 12.2. The van der Waals surface area contributed by atoms with Crippen LogP contribution in [0.4, 0.5) is 0 Å². The van der Waals surface area contributed by atoms with Crippen LogP contribution in [-0.2, 0) is 17.4 Å². The Morgan fingerprint density at radius 3 is 2.54 bits per heavy atom. The average molecular weight is 547 g/mol. The number of nitrogens with two attached hydrogens (primary N) is 1. The first-order valence-corrected chi connectivity index (χ1v) is 16.7. The third-order valence-electron chi connectivity index (χ3n) is 7.74. The zero-order valence-corrected chi connectivity index (χ0v) is 24.9. The van der Waals surface area contributed by atoms with Crippen LogP contribution in [0.1, 0.15) is 62.3 Å². The summed E-state index contributed by atoms with van der Waals surface area (Å²) in [6.07, 6.45) is 8.99. The molecule has 208 valence electrons. The summed E-state index contributed by atoms with van der Waals surface area (Å²) in [5.74, 6) is 0.375. The van der Waals surface area contributed by atoms with Crippen LogP contribution in [0, 0.1) is 0 Å². The number of hydrogen-bond donors (Lipinski definition) is 1. The number of aromatic nitrogens is 3. The first kappa shape index (κ1) is 28.6. The van der Waals surface area contributed by atoms with Crippen LogP contribution < -0.4 is 10.5 Å². The molecule has 4 rings (SSSR count). The molecule has 0 spiro atoms. The van der Waals surface area contributed by atoms with E-state index in [9.17, 15) is 4.79 Å².